The maximum absolute atomic E-state index is 12.0. The fourth-order valence-electron chi connectivity index (χ4n) is 3.54. The molecular weight excluding hydrogens is 346 g/mol. The number of unbranched alkanes of at least 4 members (excludes halogenated alkanes) is 13. The zero-order valence-corrected chi connectivity index (χ0v) is 18.4. The Morgan fingerprint density at radius 3 is 1.68 bits per heavy atom. The highest BCUT2D eigenvalue weighted by molar-refractivity contribution is 5.78. The summed E-state index contributed by atoms with van der Waals surface area (Å²) in [5.41, 5.74) is 1.03. The number of carbonyl (C=O) groups excluding carboxylic acids is 1. The molecule has 0 unspecified atom stereocenters. The molecule has 1 amide bonds. The Kier molecular flexibility index (Phi) is 15.4. The van der Waals surface area contributed by atoms with Crippen molar-refractivity contribution >= 4 is 5.91 Å². The molecule has 0 fully saturated rings. The highest BCUT2D eigenvalue weighted by Crippen LogP contribution is 2.13. The Labute approximate surface area is 173 Å². The summed E-state index contributed by atoms with van der Waals surface area (Å²) < 4.78 is 5.13. The van der Waals surface area contributed by atoms with E-state index in [0.29, 0.717) is 6.42 Å². The van der Waals surface area contributed by atoms with Crippen LogP contribution < -0.4 is 10.1 Å². The molecule has 0 heterocycles. The number of carbonyl (C=O) groups is 1. The quantitative estimate of drug-likeness (QED) is 0.279. The Morgan fingerprint density at radius 1 is 0.750 bits per heavy atom. The van der Waals surface area contributed by atoms with Gasteiger partial charge in [-0.15, -0.1) is 0 Å². The first-order chi connectivity index (χ1) is 13.8. The maximum Gasteiger partial charge on any atom is 0.224 e. The van der Waals surface area contributed by atoms with Crippen molar-refractivity contribution in [3.63, 3.8) is 0 Å². The third-order valence-electron chi connectivity index (χ3n) is 5.38. The van der Waals surface area contributed by atoms with Crippen molar-refractivity contribution in [3.05, 3.63) is 29.8 Å². The number of ether oxygens (including phenoxy) is 1. The van der Waals surface area contributed by atoms with Crippen molar-refractivity contribution in [1.29, 1.82) is 0 Å². The SMILES string of the molecule is CCCCCCCCCCCCCCCCNC(=O)Cc1ccc(OC)cc1. The molecule has 28 heavy (non-hydrogen) atoms. The van der Waals surface area contributed by atoms with Gasteiger partial charge in [-0.3, -0.25) is 4.79 Å². The second kappa shape index (κ2) is 17.6. The normalized spacial score (nSPS) is 10.8. The molecule has 1 N–H and O–H groups in total. The summed E-state index contributed by atoms with van der Waals surface area (Å²) in [5, 5.41) is 3.03. The predicted octanol–water partition coefficient (Wildman–Crippen LogP) is 6.84. The summed E-state index contributed by atoms with van der Waals surface area (Å²) in [6.45, 7) is 3.08. The highest BCUT2D eigenvalue weighted by Gasteiger charge is 2.03. The molecule has 3 nitrogen and oxygen atoms in total. The van der Waals surface area contributed by atoms with Crippen LogP contribution in [-0.4, -0.2) is 19.6 Å². The highest BCUT2D eigenvalue weighted by atomic mass is 16.5. The van der Waals surface area contributed by atoms with Crippen LogP contribution in [0.4, 0.5) is 0 Å². The molecule has 0 aliphatic rings. The van der Waals surface area contributed by atoms with Gasteiger partial charge in [0.05, 0.1) is 13.5 Å². The first-order valence-corrected chi connectivity index (χ1v) is 11.7. The number of hydrogen-bond donors (Lipinski definition) is 1. The predicted molar refractivity (Wildman–Crippen MR) is 120 cm³/mol. The molecule has 0 aliphatic heterocycles. The number of hydrogen-bond acceptors (Lipinski definition) is 2. The molecule has 0 bridgehead atoms. The van der Waals surface area contributed by atoms with Gasteiger partial charge in [0, 0.05) is 6.54 Å². The van der Waals surface area contributed by atoms with Gasteiger partial charge in [0.2, 0.25) is 5.91 Å². The molecule has 3 heteroatoms. The lowest BCUT2D eigenvalue weighted by Crippen LogP contribution is -2.26. The third-order valence-corrected chi connectivity index (χ3v) is 5.38. The number of methoxy groups -OCH3 is 1. The van der Waals surface area contributed by atoms with Gasteiger partial charge in [-0.1, -0.05) is 103 Å². The lowest BCUT2D eigenvalue weighted by Gasteiger charge is -2.06. The van der Waals surface area contributed by atoms with Gasteiger partial charge in [-0.05, 0) is 24.1 Å². The summed E-state index contributed by atoms with van der Waals surface area (Å²) >= 11 is 0. The molecule has 1 rings (SSSR count). The fraction of sp³-hybridized carbons (Fsp3) is 0.720. The van der Waals surface area contributed by atoms with Crippen LogP contribution in [0, 0.1) is 0 Å². The lowest BCUT2D eigenvalue weighted by molar-refractivity contribution is -0.120. The average molecular weight is 390 g/mol. The van der Waals surface area contributed by atoms with Gasteiger partial charge < -0.3 is 10.1 Å². The number of rotatable bonds is 18. The number of amides is 1. The molecule has 1 aromatic carbocycles. The largest absolute Gasteiger partial charge is 0.497 e. The maximum atomic E-state index is 12.0. The molecule has 0 aromatic heterocycles. The van der Waals surface area contributed by atoms with E-state index in [0.717, 1.165) is 24.3 Å². The molecule has 0 radical (unpaired) electrons. The second-order valence-corrected chi connectivity index (χ2v) is 7.97. The Bertz CT molecular complexity index is 484. The van der Waals surface area contributed by atoms with Crippen LogP contribution in [-0.2, 0) is 11.2 Å². The number of benzene rings is 1. The van der Waals surface area contributed by atoms with Gasteiger partial charge in [0.1, 0.15) is 5.75 Å². The van der Waals surface area contributed by atoms with Crippen molar-refractivity contribution in [2.24, 2.45) is 0 Å². The molecule has 0 saturated carbocycles. The molecule has 1 aromatic rings. The van der Waals surface area contributed by atoms with Crippen molar-refractivity contribution in [2.75, 3.05) is 13.7 Å². The van der Waals surface area contributed by atoms with Crippen LogP contribution in [0.2, 0.25) is 0 Å². The first kappa shape index (κ1) is 24.5. The van der Waals surface area contributed by atoms with Gasteiger partial charge in [-0.2, -0.15) is 0 Å². The topological polar surface area (TPSA) is 38.3 Å². The van der Waals surface area contributed by atoms with Crippen molar-refractivity contribution in [2.45, 2.75) is 103 Å². The summed E-state index contributed by atoms with van der Waals surface area (Å²) in [6.07, 6.45) is 19.5. The summed E-state index contributed by atoms with van der Waals surface area (Å²) in [4.78, 5) is 12.0. The Balaban J connectivity index is 1.84. The third kappa shape index (κ3) is 13.6. The smallest absolute Gasteiger partial charge is 0.224 e. The molecule has 0 aliphatic carbocycles. The molecule has 0 spiro atoms. The monoisotopic (exact) mass is 389 g/mol. The van der Waals surface area contributed by atoms with Crippen molar-refractivity contribution in [1.82, 2.24) is 5.32 Å². The van der Waals surface area contributed by atoms with E-state index < -0.39 is 0 Å². The van der Waals surface area contributed by atoms with Crippen LogP contribution in [0.5, 0.6) is 5.75 Å². The van der Waals surface area contributed by atoms with Gasteiger partial charge in [0.25, 0.3) is 0 Å². The summed E-state index contributed by atoms with van der Waals surface area (Å²) in [5.74, 6) is 0.937. The van der Waals surface area contributed by atoms with E-state index in [1.807, 2.05) is 24.3 Å². The summed E-state index contributed by atoms with van der Waals surface area (Å²) in [7, 11) is 1.65. The van der Waals surface area contributed by atoms with E-state index in [2.05, 4.69) is 12.2 Å². The van der Waals surface area contributed by atoms with E-state index in [-0.39, 0.29) is 5.91 Å². The van der Waals surface area contributed by atoms with Crippen molar-refractivity contribution < 1.29 is 9.53 Å². The molecular formula is C25H43NO2. The van der Waals surface area contributed by atoms with Crippen molar-refractivity contribution in [3.8, 4) is 5.75 Å². The van der Waals surface area contributed by atoms with E-state index in [4.69, 9.17) is 4.74 Å². The molecule has 0 atom stereocenters. The van der Waals surface area contributed by atoms with Crippen LogP contribution in [0.15, 0.2) is 24.3 Å². The Hall–Kier alpha value is -1.51. The van der Waals surface area contributed by atoms with Gasteiger partial charge in [-0.25, -0.2) is 0 Å². The van der Waals surface area contributed by atoms with E-state index in [1.54, 1.807) is 7.11 Å². The summed E-state index contributed by atoms with van der Waals surface area (Å²) in [6, 6.07) is 7.70. The zero-order valence-electron chi connectivity index (χ0n) is 18.4. The molecule has 160 valence electrons. The Morgan fingerprint density at radius 2 is 1.21 bits per heavy atom. The van der Waals surface area contributed by atoms with Crippen LogP contribution in [0.1, 0.15) is 102 Å². The van der Waals surface area contributed by atoms with E-state index in [9.17, 15) is 4.79 Å². The van der Waals surface area contributed by atoms with Gasteiger partial charge >= 0.3 is 0 Å². The minimum Gasteiger partial charge on any atom is -0.497 e. The van der Waals surface area contributed by atoms with Crippen LogP contribution in [0.25, 0.3) is 0 Å². The first-order valence-electron chi connectivity index (χ1n) is 11.7. The zero-order chi connectivity index (χ0) is 20.3. The van der Waals surface area contributed by atoms with Crippen LogP contribution >= 0.6 is 0 Å². The number of nitrogens with one attached hydrogen (secondary N) is 1. The fourth-order valence-corrected chi connectivity index (χ4v) is 3.54. The minimum atomic E-state index is 0.111. The standard InChI is InChI=1S/C25H43NO2/c1-3-4-5-6-7-8-9-10-11-12-13-14-15-16-21-26-25(27)22-23-17-19-24(28-2)20-18-23/h17-20H,3-16,21-22H2,1-2H3,(H,26,27). The second-order valence-electron chi connectivity index (χ2n) is 7.97. The van der Waals surface area contributed by atoms with E-state index in [1.165, 1.54) is 83.5 Å². The minimum absolute atomic E-state index is 0.111. The lowest BCUT2D eigenvalue weighted by atomic mass is 10.0. The molecule has 0 saturated heterocycles. The average Bonchev–Trinajstić information content (AvgIpc) is 2.71. The van der Waals surface area contributed by atoms with Crippen LogP contribution in [0.3, 0.4) is 0 Å². The van der Waals surface area contributed by atoms with E-state index >= 15 is 0 Å². The van der Waals surface area contributed by atoms with Gasteiger partial charge in [0.15, 0.2) is 0 Å².